The van der Waals surface area contributed by atoms with Crippen molar-refractivity contribution < 1.29 is 17.7 Å². The predicted octanol–water partition coefficient (Wildman–Crippen LogP) is 2.79. The summed E-state index contributed by atoms with van der Waals surface area (Å²) in [4.78, 5) is -0.00911. The molecule has 1 aromatic heterocycles. The van der Waals surface area contributed by atoms with Gasteiger partial charge in [-0.05, 0) is 12.1 Å². The first-order valence-corrected chi connectivity index (χ1v) is 3.69. The average Bonchev–Trinajstić information content (AvgIpc) is 2.41. The topological polar surface area (TPSA) is 17.8 Å². The Bertz CT molecular complexity index is 472. The number of alkyl halides is 3. The van der Waals surface area contributed by atoms with E-state index in [9.17, 15) is 17.7 Å². The highest BCUT2D eigenvalue weighted by molar-refractivity contribution is 5.78. The number of fused-ring (bicyclic) bond motifs is 1. The lowest BCUT2D eigenvalue weighted by Gasteiger charge is -2.04. The number of hydrogen-bond acceptors (Lipinski definition) is 1. The molecule has 0 unspecified atom stereocenters. The van der Waals surface area contributed by atoms with Crippen LogP contribution in [0.1, 0.15) is 5.56 Å². The summed E-state index contributed by atoms with van der Waals surface area (Å²) < 4.78 is 49.1. The molecule has 0 radical (unpaired) electrons. The maximum Gasteiger partial charge on any atom is 0.416 e. The lowest BCUT2D eigenvalue weighted by Crippen LogP contribution is -2.03. The van der Waals surface area contributed by atoms with Crippen molar-refractivity contribution in [2.75, 3.05) is 0 Å². The number of halogens is 4. The second-order valence-electron chi connectivity index (χ2n) is 2.79. The van der Waals surface area contributed by atoms with Gasteiger partial charge in [0.15, 0.2) is 0 Å². The van der Waals surface area contributed by atoms with Gasteiger partial charge in [-0.3, -0.25) is 0 Å². The molecule has 1 heterocycles. The summed E-state index contributed by atoms with van der Waals surface area (Å²) in [5.74, 6) is 0. The first-order valence-electron chi connectivity index (χ1n) is 3.69. The van der Waals surface area contributed by atoms with Gasteiger partial charge >= 0.3 is 6.18 Å². The van der Waals surface area contributed by atoms with Gasteiger partial charge in [-0.2, -0.15) is 13.2 Å². The van der Waals surface area contributed by atoms with E-state index in [1.807, 2.05) is 0 Å². The van der Waals surface area contributed by atoms with E-state index in [1.54, 1.807) is 0 Å². The second kappa shape index (κ2) is 2.70. The summed E-state index contributed by atoms with van der Waals surface area (Å²) in [7, 11) is 0. The fourth-order valence-corrected chi connectivity index (χ4v) is 1.16. The molecule has 2 aromatic rings. The highest BCUT2D eigenvalue weighted by atomic mass is 19.4. The van der Waals surface area contributed by atoms with Gasteiger partial charge in [0.2, 0.25) is 0 Å². The lowest BCUT2D eigenvalue weighted by atomic mass is 10.1. The van der Waals surface area contributed by atoms with Gasteiger partial charge in [0, 0.05) is 5.39 Å². The molecule has 0 aliphatic carbocycles. The van der Waals surface area contributed by atoms with Crippen LogP contribution in [0.5, 0.6) is 0 Å². The van der Waals surface area contributed by atoms with Gasteiger partial charge in [-0.25, -0.2) is 0 Å². The largest absolute Gasteiger partial charge is 0.416 e. The van der Waals surface area contributed by atoms with E-state index < -0.39 is 11.7 Å². The molecule has 0 bridgehead atoms. The summed E-state index contributed by atoms with van der Waals surface area (Å²) in [5.41, 5.74) is -0.842. The molecule has 2 nitrogen and oxygen atoms in total. The predicted molar refractivity (Wildman–Crippen MR) is 41.2 cm³/mol. The zero-order valence-electron chi connectivity index (χ0n) is 6.72. The van der Waals surface area contributed by atoms with Gasteiger partial charge in [-0.15, -0.1) is 10.0 Å². The molecular weight excluding hydrogens is 200 g/mol. The molecular formula is C8H4F4N2. The quantitative estimate of drug-likeness (QED) is 0.603. The summed E-state index contributed by atoms with van der Waals surface area (Å²) in [6.07, 6.45) is -3.41. The zero-order chi connectivity index (χ0) is 10.3. The van der Waals surface area contributed by atoms with E-state index in [2.05, 4.69) is 5.10 Å². The summed E-state index contributed by atoms with van der Waals surface area (Å²) >= 11 is 0. The van der Waals surface area contributed by atoms with Gasteiger partial charge in [0.05, 0.1) is 17.3 Å². The highest BCUT2D eigenvalue weighted by Gasteiger charge is 2.30. The number of nitrogens with zero attached hydrogens (tertiary/aromatic N) is 2. The van der Waals surface area contributed by atoms with Crippen molar-refractivity contribution in [1.82, 2.24) is 10.0 Å². The van der Waals surface area contributed by atoms with Crippen LogP contribution in [0.15, 0.2) is 24.4 Å². The van der Waals surface area contributed by atoms with Crippen LogP contribution in [0.25, 0.3) is 10.9 Å². The molecule has 2 rings (SSSR count). The van der Waals surface area contributed by atoms with Crippen molar-refractivity contribution >= 4 is 10.9 Å². The fraction of sp³-hybridized carbons (Fsp3) is 0.125. The Morgan fingerprint density at radius 2 is 1.93 bits per heavy atom. The third-order valence-corrected chi connectivity index (χ3v) is 1.81. The minimum atomic E-state index is -4.42. The van der Waals surface area contributed by atoms with Gasteiger partial charge in [0.1, 0.15) is 0 Å². The van der Waals surface area contributed by atoms with E-state index in [0.29, 0.717) is 5.39 Å². The lowest BCUT2D eigenvalue weighted by molar-refractivity contribution is -0.137. The Morgan fingerprint density at radius 3 is 2.57 bits per heavy atom. The molecule has 0 fully saturated rings. The van der Waals surface area contributed by atoms with Crippen LogP contribution in [0.2, 0.25) is 0 Å². The molecule has 0 N–H and O–H groups in total. The summed E-state index contributed by atoms with van der Waals surface area (Å²) in [5, 5.41) is 3.57. The van der Waals surface area contributed by atoms with Crippen molar-refractivity contribution in [3.63, 3.8) is 0 Å². The minimum absolute atomic E-state index is 0.00911. The minimum Gasteiger partial charge on any atom is -0.166 e. The molecule has 0 spiro atoms. The standard InChI is InChI=1S/C8H4F4N2/c9-8(10,11)6-2-1-5-4-14(12)13-7(5)3-6/h1-4H. The SMILES string of the molecule is Fn1cc2ccc(C(F)(F)F)cc2n1. The fourth-order valence-electron chi connectivity index (χ4n) is 1.16. The van der Waals surface area contributed by atoms with Crippen molar-refractivity contribution in [1.29, 1.82) is 0 Å². The molecule has 0 aliphatic rings. The second-order valence-corrected chi connectivity index (χ2v) is 2.79. The number of aromatic nitrogens is 2. The Labute approximate surface area is 75.7 Å². The first-order chi connectivity index (χ1) is 6.47. The monoisotopic (exact) mass is 204 g/mol. The maximum atomic E-state index is 12.5. The molecule has 0 atom stereocenters. The molecule has 0 saturated carbocycles. The molecule has 6 heteroatoms. The third kappa shape index (κ3) is 1.43. The van der Waals surface area contributed by atoms with Crippen LogP contribution in [0.4, 0.5) is 17.7 Å². The highest BCUT2D eigenvalue weighted by Crippen LogP contribution is 2.30. The van der Waals surface area contributed by atoms with Crippen molar-refractivity contribution in [3.8, 4) is 0 Å². The average molecular weight is 204 g/mol. The van der Waals surface area contributed by atoms with Crippen LogP contribution >= 0.6 is 0 Å². The molecule has 0 amide bonds. The van der Waals surface area contributed by atoms with Crippen LogP contribution < -0.4 is 0 Å². The molecule has 1 aromatic carbocycles. The first kappa shape index (κ1) is 8.98. The zero-order valence-corrected chi connectivity index (χ0v) is 6.72. The maximum absolute atomic E-state index is 12.5. The molecule has 74 valence electrons. The number of rotatable bonds is 0. The van der Waals surface area contributed by atoms with Crippen LogP contribution in [0, 0.1) is 0 Å². The van der Waals surface area contributed by atoms with Crippen molar-refractivity contribution in [2.45, 2.75) is 6.18 Å². The van der Waals surface area contributed by atoms with E-state index >= 15 is 0 Å². The Hall–Kier alpha value is -1.59. The molecule has 0 aliphatic heterocycles. The van der Waals surface area contributed by atoms with Crippen LogP contribution in [-0.2, 0) is 6.18 Å². The number of hydrogen-bond donors (Lipinski definition) is 0. The van der Waals surface area contributed by atoms with E-state index in [-0.39, 0.29) is 10.4 Å². The van der Waals surface area contributed by atoms with Gasteiger partial charge < -0.3 is 0 Å². The Balaban J connectivity index is 2.62. The Kier molecular flexibility index (Phi) is 1.73. The van der Waals surface area contributed by atoms with Gasteiger partial charge in [-0.1, -0.05) is 10.5 Å². The molecule has 14 heavy (non-hydrogen) atoms. The smallest absolute Gasteiger partial charge is 0.166 e. The normalized spacial score (nSPS) is 12.3. The number of benzene rings is 1. The van der Waals surface area contributed by atoms with Gasteiger partial charge in [0.25, 0.3) is 0 Å². The Morgan fingerprint density at radius 1 is 1.21 bits per heavy atom. The summed E-state index contributed by atoms with van der Waals surface area (Å²) in [6, 6.07) is 2.89. The van der Waals surface area contributed by atoms with Crippen LogP contribution in [0.3, 0.4) is 0 Å². The van der Waals surface area contributed by atoms with Crippen LogP contribution in [-0.4, -0.2) is 10.0 Å². The van der Waals surface area contributed by atoms with E-state index in [1.165, 1.54) is 6.07 Å². The van der Waals surface area contributed by atoms with Crippen molar-refractivity contribution in [3.05, 3.63) is 30.0 Å². The van der Waals surface area contributed by atoms with Crippen molar-refractivity contribution in [2.24, 2.45) is 0 Å². The van der Waals surface area contributed by atoms with E-state index in [0.717, 1.165) is 18.3 Å². The molecule has 0 saturated heterocycles. The van der Waals surface area contributed by atoms with E-state index in [4.69, 9.17) is 0 Å². The summed E-state index contributed by atoms with van der Waals surface area (Å²) in [6.45, 7) is 0. The third-order valence-electron chi connectivity index (χ3n) is 1.81.